The van der Waals surface area contributed by atoms with Gasteiger partial charge in [0.05, 0.1) is 12.5 Å². The minimum absolute atomic E-state index is 0.150. The zero-order valence-electron chi connectivity index (χ0n) is 12.5. The summed E-state index contributed by atoms with van der Waals surface area (Å²) < 4.78 is 21.2. The summed E-state index contributed by atoms with van der Waals surface area (Å²) >= 11 is 6.00. The highest BCUT2D eigenvalue weighted by molar-refractivity contribution is 6.30. The lowest BCUT2D eigenvalue weighted by atomic mass is 9.87. The van der Waals surface area contributed by atoms with Crippen molar-refractivity contribution in [3.05, 3.63) is 70.5 Å². The number of benzene rings is 1. The van der Waals surface area contributed by atoms with Gasteiger partial charge in [-0.2, -0.15) is 5.10 Å². The first-order valence-electron chi connectivity index (χ1n) is 7.44. The van der Waals surface area contributed by atoms with Gasteiger partial charge < -0.3 is 9.73 Å². The largest absolute Gasteiger partial charge is 0.467 e. The molecule has 0 fully saturated rings. The summed E-state index contributed by atoms with van der Waals surface area (Å²) in [4.78, 5) is 12.1. The molecule has 0 bridgehead atoms. The van der Waals surface area contributed by atoms with E-state index in [2.05, 4.69) is 10.4 Å². The topological polar surface area (TPSA) is 60.1 Å². The van der Waals surface area contributed by atoms with Gasteiger partial charge in [0.15, 0.2) is 0 Å². The maximum absolute atomic E-state index is 14.3. The second kappa shape index (κ2) is 5.79. The van der Waals surface area contributed by atoms with E-state index >= 15 is 0 Å². The number of rotatable bonds is 3. The monoisotopic (exact) mass is 345 g/mol. The van der Waals surface area contributed by atoms with Crippen molar-refractivity contribution in [2.75, 3.05) is 5.32 Å². The molecule has 0 saturated carbocycles. The fraction of sp³-hybridized carbons (Fsp3) is 0.176. The minimum Gasteiger partial charge on any atom is -0.467 e. The molecule has 5 nitrogen and oxygen atoms in total. The average Bonchev–Trinajstić information content (AvgIpc) is 3.20. The van der Waals surface area contributed by atoms with Crippen LogP contribution in [0, 0.1) is 5.82 Å². The molecule has 1 aliphatic rings. The van der Waals surface area contributed by atoms with E-state index in [9.17, 15) is 9.18 Å². The summed E-state index contributed by atoms with van der Waals surface area (Å²) in [6, 6.07) is 7.98. The number of aromatic nitrogens is 2. The van der Waals surface area contributed by atoms with Crippen LogP contribution in [0.15, 0.2) is 47.2 Å². The number of fused-ring (bicyclic) bond motifs is 1. The molecule has 0 unspecified atom stereocenters. The highest BCUT2D eigenvalue weighted by Crippen LogP contribution is 2.39. The van der Waals surface area contributed by atoms with Gasteiger partial charge in [-0.25, -0.2) is 9.07 Å². The van der Waals surface area contributed by atoms with Gasteiger partial charge >= 0.3 is 0 Å². The molecule has 122 valence electrons. The smallest absolute Gasteiger partial charge is 0.226 e. The first kappa shape index (κ1) is 15.0. The van der Waals surface area contributed by atoms with Crippen LogP contribution in [0.5, 0.6) is 0 Å². The van der Waals surface area contributed by atoms with Crippen molar-refractivity contribution in [1.29, 1.82) is 0 Å². The Morgan fingerprint density at radius 1 is 1.38 bits per heavy atom. The van der Waals surface area contributed by atoms with Gasteiger partial charge in [-0.1, -0.05) is 11.6 Å². The molecular weight excluding hydrogens is 333 g/mol. The Morgan fingerprint density at radius 3 is 3.04 bits per heavy atom. The van der Waals surface area contributed by atoms with Gasteiger partial charge in [0.2, 0.25) is 5.91 Å². The third-order valence-corrected chi connectivity index (χ3v) is 4.34. The number of carbonyl (C=O) groups is 1. The van der Waals surface area contributed by atoms with E-state index in [0.717, 1.165) is 5.56 Å². The molecule has 1 aromatic carbocycles. The molecular formula is C17H13ClFN3O2. The lowest BCUT2D eigenvalue weighted by molar-refractivity contribution is -0.116. The van der Waals surface area contributed by atoms with Gasteiger partial charge in [-0.05, 0) is 35.9 Å². The summed E-state index contributed by atoms with van der Waals surface area (Å²) in [5, 5.41) is 7.57. The van der Waals surface area contributed by atoms with Crippen LogP contribution in [0.3, 0.4) is 0 Å². The predicted molar refractivity (Wildman–Crippen MR) is 86.5 cm³/mol. The number of amides is 1. The van der Waals surface area contributed by atoms with Crippen molar-refractivity contribution < 1.29 is 13.6 Å². The minimum atomic E-state index is -0.419. The molecule has 1 atom stereocenters. The van der Waals surface area contributed by atoms with Crippen molar-refractivity contribution >= 4 is 23.3 Å². The number of hydrogen-bond donors (Lipinski definition) is 1. The maximum atomic E-state index is 14.3. The van der Waals surface area contributed by atoms with Crippen molar-refractivity contribution in [3.8, 4) is 0 Å². The number of carbonyl (C=O) groups excluding carboxylic acids is 1. The second-order valence-corrected chi connectivity index (χ2v) is 6.09. The van der Waals surface area contributed by atoms with Crippen LogP contribution in [0.25, 0.3) is 0 Å². The quantitative estimate of drug-likeness (QED) is 0.785. The normalized spacial score (nSPS) is 16.8. The highest BCUT2D eigenvalue weighted by atomic mass is 35.5. The summed E-state index contributed by atoms with van der Waals surface area (Å²) in [5.41, 5.74) is 1.17. The molecule has 1 aliphatic heterocycles. The molecule has 3 heterocycles. The zero-order chi connectivity index (χ0) is 16.7. The third-order valence-electron chi connectivity index (χ3n) is 4.11. The summed E-state index contributed by atoms with van der Waals surface area (Å²) in [6.07, 6.45) is 3.38. The fourth-order valence-corrected chi connectivity index (χ4v) is 3.18. The number of hydrogen-bond acceptors (Lipinski definition) is 3. The lowest BCUT2D eigenvalue weighted by Gasteiger charge is -2.24. The molecule has 0 aliphatic carbocycles. The van der Waals surface area contributed by atoms with Crippen LogP contribution in [0.4, 0.5) is 10.2 Å². The molecule has 0 spiro atoms. The molecule has 0 radical (unpaired) electrons. The Hall–Kier alpha value is -2.60. The standard InChI is InChI=1S/C17H13ClFN3O2/c18-10-3-4-15(19)13(6-10)12-7-16(23)21-17-14(12)8-20-22(17)9-11-2-1-5-24-11/h1-6,8,12H,7,9H2,(H,21,23)/t12-/m1/s1. The highest BCUT2D eigenvalue weighted by Gasteiger charge is 2.31. The van der Waals surface area contributed by atoms with E-state index in [1.165, 1.54) is 12.1 Å². The number of furan rings is 1. The van der Waals surface area contributed by atoms with E-state index in [4.69, 9.17) is 16.0 Å². The van der Waals surface area contributed by atoms with Gasteiger partial charge in [-0.3, -0.25) is 4.79 Å². The first-order valence-corrected chi connectivity index (χ1v) is 7.82. The Bertz CT molecular complexity index is 905. The van der Waals surface area contributed by atoms with E-state index in [1.54, 1.807) is 29.3 Å². The molecule has 1 N–H and O–H groups in total. The first-order chi connectivity index (χ1) is 11.6. The van der Waals surface area contributed by atoms with Gasteiger partial charge in [0.1, 0.15) is 23.9 Å². The maximum Gasteiger partial charge on any atom is 0.226 e. The Labute approximate surface area is 142 Å². The summed E-state index contributed by atoms with van der Waals surface area (Å²) in [6.45, 7) is 0.382. The van der Waals surface area contributed by atoms with Crippen molar-refractivity contribution in [3.63, 3.8) is 0 Å². The Balaban J connectivity index is 1.76. The van der Waals surface area contributed by atoms with Crippen molar-refractivity contribution in [1.82, 2.24) is 9.78 Å². The van der Waals surface area contributed by atoms with Crippen molar-refractivity contribution in [2.24, 2.45) is 0 Å². The predicted octanol–water partition coefficient (Wildman–Crippen LogP) is 3.79. The van der Waals surface area contributed by atoms with E-state index < -0.39 is 5.92 Å². The van der Waals surface area contributed by atoms with Crippen LogP contribution in [0.2, 0.25) is 5.02 Å². The van der Waals surface area contributed by atoms with Gasteiger partial charge in [0, 0.05) is 22.9 Å². The van der Waals surface area contributed by atoms with Crippen molar-refractivity contribution in [2.45, 2.75) is 18.9 Å². The zero-order valence-corrected chi connectivity index (χ0v) is 13.3. The van der Waals surface area contributed by atoms with E-state index in [0.29, 0.717) is 28.7 Å². The van der Waals surface area contributed by atoms with Crippen LogP contribution in [0.1, 0.15) is 29.2 Å². The number of nitrogens with one attached hydrogen (secondary N) is 1. The summed E-state index contributed by atoms with van der Waals surface area (Å²) in [7, 11) is 0. The molecule has 2 aromatic heterocycles. The Morgan fingerprint density at radius 2 is 2.25 bits per heavy atom. The van der Waals surface area contributed by atoms with Crippen LogP contribution in [-0.4, -0.2) is 15.7 Å². The van der Waals surface area contributed by atoms with E-state index in [-0.39, 0.29) is 18.1 Å². The van der Waals surface area contributed by atoms with Crippen LogP contribution < -0.4 is 5.32 Å². The van der Waals surface area contributed by atoms with Crippen LogP contribution in [-0.2, 0) is 11.3 Å². The van der Waals surface area contributed by atoms with Gasteiger partial charge in [-0.15, -0.1) is 0 Å². The number of anilines is 1. The molecule has 3 aromatic rings. The Kier molecular flexibility index (Phi) is 3.61. The SMILES string of the molecule is O=C1C[C@H](c2cc(Cl)ccc2F)c2cnn(Cc3ccco3)c2N1. The van der Waals surface area contributed by atoms with E-state index in [1.807, 2.05) is 6.07 Å². The lowest BCUT2D eigenvalue weighted by Crippen LogP contribution is -2.25. The van der Waals surface area contributed by atoms with Gasteiger partial charge in [0.25, 0.3) is 0 Å². The molecule has 4 rings (SSSR count). The summed E-state index contributed by atoms with van der Waals surface area (Å²) in [5.74, 6) is 0.285. The molecule has 0 saturated heterocycles. The fourth-order valence-electron chi connectivity index (χ4n) is 3.00. The van der Waals surface area contributed by atoms with Crippen LogP contribution >= 0.6 is 11.6 Å². The average molecular weight is 346 g/mol. The third kappa shape index (κ3) is 2.59. The molecule has 7 heteroatoms. The molecule has 1 amide bonds. The number of nitrogens with zero attached hydrogens (tertiary/aromatic N) is 2. The second-order valence-electron chi connectivity index (χ2n) is 5.66. The molecule has 24 heavy (non-hydrogen) atoms. The number of halogens is 2.